The van der Waals surface area contributed by atoms with Crippen LogP contribution in [-0.2, 0) is 13.6 Å². The lowest BCUT2D eigenvalue weighted by Crippen LogP contribution is -2.23. The van der Waals surface area contributed by atoms with E-state index in [9.17, 15) is 0 Å². The van der Waals surface area contributed by atoms with E-state index < -0.39 is 0 Å². The quantitative estimate of drug-likeness (QED) is 0.852. The van der Waals surface area contributed by atoms with Gasteiger partial charge in [-0.15, -0.1) is 0 Å². The summed E-state index contributed by atoms with van der Waals surface area (Å²) in [5, 5.41) is 8.22. The van der Waals surface area contributed by atoms with Gasteiger partial charge in [0.2, 0.25) is 0 Å². The van der Waals surface area contributed by atoms with Crippen molar-refractivity contribution in [3.05, 3.63) is 41.1 Å². The molecule has 0 saturated carbocycles. The molecule has 0 radical (unpaired) electrons. The third-order valence-corrected chi connectivity index (χ3v) is 4.18. The first-order valence-electron chi connectivity index (χ1n) is 8.05. The standard InChI is InChI=1S/C18H28N4O/c1-7-16(14-10-8-9-11-17(14)23-6)19-12-15-13(2)20-22(5)18(15)21(3)4/h8-11,16,19H,7,12H2,1-6H3/t16-/m0/s1. The smallest absolute Gasteiger partial charge is 0.130 e. The molecule has 0 fully saturated rings. The van der Waals surface area contributed by atoms with Crippen LogP contribution in [0.2, 0.25) is 0 Å². The van der Waals surface area contributed by atoms with Crippen LogP contribution in [0.1, 0.15) is 36.2 Å². The van der Waals surface area contributed by atoms with Gasteiger partial charge in [-0.1, -0.05) is 25.1 Å². The third kappa shape index (κ3) is 3.67. The van der Waals surface area contributed by atoms with Gasteiger partial charge in [0.05, 0.1) is 12.8 Å². The third-order valence-electron chi connectivity index (χ3n) is 4.18. The van der Waals surface area contributed by atoms with Crippen molar-refractivity contribution in [1.29, 1.82) is 0 Å². The van der Waals surface area contributed by atoms with Crippen molar-refractivity contribution >= 4 is 5.82 Å². The Balaban J connectivity index is 2.22. The Morgan fingerprint density at radius 2 is 2.00 bits per heavy atom. The van der Waals surface area contributed by atoms with Crippen LogP contribution in [-0.4, -0.2) is 31.0 Å². The predicted molar refractivity (Wildman–Crippen MR) is 95.1 cm³/mol. The fourth-order valence-electron chi connectivity index (χ4n) is 3.11. The summed E-state index contributed by atoms with van der Waals surface area (Å²) in [6.07, 6.45) is 0.997. The van der Waals surface area contributed by atoms with Crippen molar-refractivity contribution in [2.75, 3.05) is 26.1 Å². The van der Waals surface area contributed by atoms with Crippen LogP contribution in [0.5, 0.6) is 5.75 Å². The average molecular weight is 316 g/mol. The molecule has 0 spiro atoms. The van der Waals surface area contributed by atoms with Crippen LogP contribution in [0.3, 0.4) is 0 Å². The Hall–Kier alpha value is -2.01. The van der Waals surface area contributed by atoms with Crippen molar-refractivity contribution < 1.29 is 4.74 Å². The summed E-state index contributed by atoms with van der Waals surface area (Å²) >= 11 is 0. The molecule has 1 aromatic carbocycles. The van der Waals surface area contributed by atoms with Gasteiger partial charge in [-0.3, -0.25) is 4.68 Å². The number of anilines is 1. The van der Waals surface area contributed by atoms with Crippen LogP contribution in [0.15, 0.2) is 24.3 Å². The number of aryl methyl sites for hydroxylation is 2. The maximum Gasteiger partial charge on any atom is 0.130 e. The Morgan fingerprint density at radius 1 is 1.30 bits per heavy atom. The van der Waals surface area contributed by atoms with Crippen LogP contribution >= 0.6 is 0 Å². The van der Waals surface area contributed by atoms with Gasteiger partial charge in [0.1, 0.15) is 11.6 Å². The first-order chi connectivity index (χ1) is 11.0. The van der Waals surface area contributed by atoms with E-state index in [1.54, 1.807) is 7.11 Å². The summed E-state index contributed by atoms with van der Waals surface area (Å²) in [7, 11) is 7.82. The number of nitrogens with one attached hydrogen (secondary N) is 1. The molecule has 0 aliphatic rings. The molecule has 5 nitrogen and oxygen atoms in total. The van der Waals surface area contributed by atoms with Gasteiger partial charge in [0, 0.05) is 44.9 Å². The molecule has 2 rings (SSSR count). The molecule has 0 amide bonds. The molecule has 23 heavy (non-hydrogen) atoms. The Kier molecular flexibility index (Phi) is 5.66. The van der Waals surface area contributed by atoms with Crippen molar-refractivity contribution in [2.45, 2.75) is 32.9 Å². The van der Waals surface area contributed by atoms with E-state index in [0.29, 0.717) is 0 Å². The number of ether oxygens (including phenoxy) is 1. The van der Waals surface area contributed by atoms with Gasteiger partial charge in [-0.05, 0) is 19.4 Å². The fraction of sp³-hybridized carbons (Fsp3) is 0.500. The predicted octanol–water partition coefficient (Wildman–Crippen LogP) is 3.04. The van der Waals surface area contributed by atoms with E-state index in [1.165, 1.54) is 11.1 Å². The molecule has 0 aliphatic carbocycles. The molecule has 1 heterocycles. The number of hydrogen-bond acceptors (Lipinski definition) is 4. The normalized spacial score (nSPS) is 12.3. The molecule has 0 saturated heterocycles. The topological polar surface area (TPSA) is 42.3 Å². The van der Waals surface area contributed by atoms with Gasteiger partial charge in [0.25, 0.3) is 0 Å². The fourth-order valence-corrected chi connectivity index (χ4v) is 3.11. The largest absolute Gasteiger partial charge is 0.496 e. The molecular formula is C18H28N4O. The van der Waals surface area contributed by atoms with E-state index >= 15 is 0 Å². The minimum Gasteiger partial charge on any atom is -0.496 e. The summed E-state index contributed by atoms with van der Waals surface area (Å²) < 4.78 is 7.45. The summed E-state index contributed by atoms with van der Waals surface area (Å²) in [5.74, 6) is 2.08. The lowest BCUT2D eigenvalue weighted by molar-refractivity contribution is 0.396. The molecule has 0 bridgehead atoms. The molecule has 0 aliphatic heterocycles. The molecule has 5 heteroatoms. The minimum absolute atomic E-state index is 0.251. The Morgan fingerprint density at radius 3 is 2.61 bits per heavy atom. The molecule has 1 N–H and O–H groups in total. The summed E-state index contributed by atoms with van der Waals surface area (Å²) in [6.45, 7) is 5.03. The second-order valence-corrected chi connectivity index (χ2v) is 5.99. The van der Waals surface area contributed by atoms with Crippen molar-refractivity contribution in [2.24, 2.45) is 7.05 Å². The minimum atomic E-state index is 0.251. The Labute approximate surface area is 139 Å². The molecule has 2 aromatic rings. The van der Waals surface area contributed by atoms with E-state index in [-0.39, 0.29) is 6.04 Å². The number of para-hydroxylation sites is 1. The zero-order valence-corrected chi connectivity index (χ0v) is 15.1. The van der Waals surface area contributed by atoms with E-state index in [1.807, 2.05) is 23.9 Å². The van der Waals surface area contributed by atoms with E-state index in [4.69, 9.17) is 4.74 Å². The van der Waals surface area contributed by atoms with Gasteiger partial charge in [-0.2, -0.15) is 5.10 Å². The zero-order chi connectivity index (χ0) is 17.0. The van der Waals surface area contributed by atoms with E-state index in [2.05, 4.69) is 55.4 Å². The monoisotopic (exact) mass is 316 g/mol. The van der Waals surface area contributed by atoms with Crippen molar-refractivity contribution in [3.63, 3.8) is 0 Å². The van der Waals surface area contributed by atoms with Crippen molar-refractivity contribution in [3.8, 4) is 5.75 Å². The second kappa shape index (κ2) is 7.51. The zero-order valence-electron chi connectivity index (χ0n) is 15.1. The highest BCUT2D eigenvalue weighted by molar-refractivity contribution is 5.49. The first-order valence-corrected chi connectivity index (χ1v) is 8.05. The SMILES string of the molecule is CC[C@H](NCc1c(C)nn(C)c1N(C)C)c1ccccc1OC. The number of methoxy groups -OCH3 is 1. The number of rotatable bonds is 7. The second-order valence-electron chi connectivity index (χ2n) is 5.99. The number of hydrogen-bond donors (Lipinski definition) is 1. The van der Waals surface area contributed by atoms with Crippen LogP contribution < -0.4 is 15.0 Å². The van der Waals surface area contributed by atoms with Crippen molar-refractivity contribution in [1.82, 2.24) is 15.1 Å². The highest BCUT2D eigenvalue weighted by Crippen LogP contribution is 2.28. The Bertz CT molecular complexity index is 648. The molecule has 0 unspecified atom stereocenters. The van der Waals surface area contributed by atoms with Crippen LogP contribution in [0.4, 0.5) is 5.82 Å². The highest BCUT2D eigenvalue weighted by atomic mass is 16.5. The van der Waals surface area contributed by atoms with Crippen LogP contribution in [0.25, 0.3) is 0 Å². The molecular weight excluding hydrogens is 288 g/mol. The molecule has 126 valence electrons. The van der Waals surface area contributed by atoms with Crippen LogP contribution in [0, 0.1) is 6.92 Å². The average Bonchev–Trinajstić information content (AvgIpc) is 2.82. The summed E-state index contributed by atoms with van der Waals surface area (Å²) in [6, 6.07) is 8.46. The number of aromatic nitrogens is 2. The molecule has 1 atom stereocenters. The summed E-state index contributed by atoms with van der Waals surface area (Å²) in [4.78, 5) is 2.11. The first kappa shape index (κ1) is 17.3. The van der Waals surface area contributed by atoms with E-state index in [0.717, 1.165) is 30.2 Å². The van der Waals surface area contributed by atoms with Gasteiger partial charge >= 0.3 is 0 Å². The lowest BCUT2D eigenvalue weighted by atomic mass is 10.0. The maximum absolute atomic E-state index is 5.51. The highest BCUT2D eigenvalue weighted by Gasteiger charge is 2.18. The molecule has 1 aromatic heterocycles. The van der Waals surface area contributed by atoms with Gasteiger partial charge in [-0.25, -0.2) is 0 Å². The lowest BCUT2D eigenvalue weighted by Gasteiger charge is -2.21. The number of nitrogens with zero attached hydrogens (tertiary/aromatic N) is 3. The number of benzene rings is 1. The van der Waals surface area contributed by atoms with Gasteiger partial charge < -0.3 is 15.0 Å². The van der Waals surface area contributed by atoms with Gasteiger partial charge in [0.15, 0.2) is 0 Å². The maximum atomic E-state index is 5.51. The summed E-state index contributed by atoms with van der Waals surface area (Å²) in [5.41, 5.74) is 3.51.